The lowest BCUT2D eigenvalue weighted by Gasteiger charge is -2.30. The van der Waals surface area contributed by atoms with Gasteiger partial charge in [0, 0.05) is 39.6 Å². The van der Waals surface area contributed by atoms with Crippen LogP contribution >= 0.6 is 0 Å². The van der Waals surface area contributed by atoms with Crippen molar-refractivity contribution < 1.29 is 9.53 Å². The molecule has 0 fully saturated rings. The molecular weight excluding hydrogens is 360 g/mol. The Balaban J connectivity index is 2.35. The number of hydrogen-bond donors (Lipinski definition) is 1. The number of nitrogens with zero attached hydrogens (tertiary/aromatic N) is 3. The summed E-state index contributed by atoms with van der Waals surface area (Å²) in [7, 11) is 8.20. The second-order valence-corrected chi connectivity index (χ2v) is 7.04. The van der Waals surface area contributed by atoms with Crippen LogP contribution in [0.2, 0.25) is 0 Å². The third-order valence-corrected chi connectivity index (χ3v) is 5.13. The van der Waals surface area contributed by atoms with Crippen LogP contribution in [0.15, 0.2) is 45.1 Å². The van der Waals surface area contributed by atoms with E-state index in [1.54, 1.807) is 14.0 Å². The highest BCUT2D eigenvalue weighted by Gasteiger charge is 2.37. The number of anilines is 2. The molecule has 0 aliphatic carbocycles. The fourth-order valence-corrected chi connectivity index (χ4v) is 3.57. The van der Waals surface area contributed by atoms with Gasteiger partial charge in [0.25, 0.3) is 5.56 Å². The Labute approximate surface area is 162 Å². The number of ether oxygens (including phenoxy) is 1. The van der Waals surface area contributed by atoms with Crippen LogP contribution in [0.3, 0.4) is 0 Å². The summed E-state index contributed by atoms with van der Waals surface area (Å²) >= 11 is 0. The molecule has 0 saturated carbocycles. The van der Waals surface area contributed by atoms with Gasteiger partial charge in [0.15, 0.2) is 0 Å². The lowest BCUT2D eigenvalue weighted by molar-refractivity contribution is -0.136. The van der Waals surface area contributed by atoms with Crippen LogP contribution in [0.5, 0.6) is 0 Å². The van der Waals surface area contributed by atoms with Gasteiger partial charge < -0.3 is 15.0 Å². The molecule has 1 aliphatic rings. The molecule has 2 aromatic rings. The fourth-order valence-electron chi connectivity index (χ4n) is 3.57. The predicted molar refractivity (Wildman–Crippen MR) is 108 cm³/mol. The summed E-state index contributed by atoms with van der Waals surface area (Å²) in [4.78, 5) is 40.0. The van der Waals surface area contributed by atoms with E-state index >= 15 is 0 Å². The van der Waals surface area contributed by atoms with E-state index < -0.39 is 23.1 Å². The van der Waals surface area contributed by atoms with E-state index in [2.05, 4.69) is 5.32 Å². The second kappa shape index (κ2) is 7.03. The normalized spacial score (nSPS) is 15.7. The molecule has 8 heteroatoms. The topological polar surface area (TPSA) is 85.6 Å². The predicted octanol–water partition coefficient (Wildman–Crippen LogP) is 1.15. The third-order valence-electron chi connectivity index (χ3n) is 5.13. The van der Waals surface area contributed by atoms with E-state index in [4.69, 9.17) is 4.74 Å². The van der Waals surface area contributed by atoms with Gasteiger partial charge in [-0.1, -0.05) is 12.1 Å². The average molecular weight is 384 g/mol. The molecule has 3 rings (SSSR count). The zero-order valence-electron chi connectivity index (χ0n) is 16.9. The van der Waals surface area contributed by atoms with Crippen molar-refractivity contribution in [3.05, 3.63) is 67.5 Å². The van der Waals surface area contributed by atoms with Crippen molar-refractivity contribution in [3.8, 4) is 0 Å². The van der Waals surface area contributed by atoms with E-state index in [-0.39, 0.29) is 0 Å². The number of rotatable bonds is 3. The van der Waals surface area contributed by atoms with Crippen molar-refractivity contribution in [3.63, 3.8) is 0 Å². The summed E-state index contributed by atoms with van der Waals surface area (Å²) in [5.74, 6) is -0.779. The zero-order chi connectivity index (χ0) is 20.7. The van der Waals surface area contributed by atoms with Gasteiger partial charge in [0.1, 0.15) is 5.82 Å². The number of carbonyl (C=O) groups is 1. The SMILES string of the molecule is COC(=O)C1=C(C)Nc2c(c(=O)n(C)c(=O)n2C)C1c1ccc(N(C)C)cc1. The number of esters is 1. The van der Waals surface area contributed by atoms with E-state index in [9.17, 15) is 14.4 Å². The standard InChI is InChI=1S/C20H24N4O4/c1-11-14(19(26)28-6)15(12-7-9-13(10-8-12)22(2)3)16-17(21-11)23(4)20(27)24(5)18(16)25/h7-10,15,21H,1-6H3. The first-order valence-corrected chi connectivity index (χ1v) is 8.82. The van der Waals surface area contributed by atoms with Crippen LogP contribution in [0.25, 0.3) is 0 Å². The van der Waals surface area contributed by atoms with Crippen molar-refractivity contribution >= 4 is 17.5 Å². The molecule has 28 heavy (non-hydrogen) atoms. The smallest absolute Gasteiger partial charge is 0.336 e. The summed E-state index contributed by atoms with van der Waals surface area (Å²) in [6, 6.07) is 7.62. The Bertz CT molecular complexity index is 1090. The molecule has 0 spiro atoms. The van der Waals surface area contributed by atoms with Gasteiger partial charge in [-0.25, -0.2) is 9.59 Å². The van der Waals surface area contributed by atoms with Crippen molar-refractivity contribution in [2.24, 2.45) is 14.1 Å². The molecule has 2 heterocycles. The lowest BCUT2D eigenvalue weighted by Crippen LogP contribution is -2.43. The van der Waals surface area contributed by atoms with Gasteiger partial charge in [0.05, 0.1) is 24.2 Å². The number of hydrogen-bond acceptors (Lipinski definition) is 6. The third kappa shape index (κ3) is 2.90. The van der Waals surface area contributed by atoms with Crippen LogP contribution in [0, 0.1) is 0 Å². The van der Waals surface area contributed by atoms with E-state index in [1.165, 1.54) is 18.7 Å². The van der Waals surface area contributed by atoms with Crippen LogP contribution in [-0.4, -0.2) is 36.3 Å². The minimum atomic E-state index is -0.648. The molecule has 0 bridgehead atoms. The molecule has 0 saturated heterocycles. The molecule has 1 aromatic carbocycles. The molecule has 1 aromatic heterocycles. The van der Waals surface area contributed by atoms with Crippen molar-refractivity contribution in [1.82, 2.24) is 9.13 Å². The molecule has 1 atom stereocenters. The van der Waals surface area contributed by atoms with Crippen LogP contribution in [-0.2, 0) is 23.6 Å². The molecule has 0 radical (unpaired) electrons. The molecule has 148 valence electrons. The molecule has 1 N–H and O–H groups in total. The van der Waals surface area contributed by atoms with E-state index in [1.807, 2.05) is 43.3 Å². The quantitative estimate of drug-likeness (QED) is 0.800. The Morgan fingerprint density at radius 3 is 2.25 bits per heavy atom. The first kappa shape index (κ1) is 19.5. The van der Waals surface area contributed by atoms with E-state index in [0.717, 1.165) is 15.8 Å². The molecule has 0 amide bonds. The fraction of sp³-hybridized carbons (Fsp3) is 0.350. The maximum atomic E-state index is 13.0. The summed E-state index contributed by atoms with van der Waals surface area (Å²) < 4.78 is 7.43. The molecular formula is C20H24N4O4. The minimum Gasteiger partial charge on any atom is -0.466 e. The Morgan fingerprint density at radius 2 is 1.71 bits per heavy atom. The largest absolute Gasteiger partial charge is 0.466 e. The van der Waals surface area contributed by atoms with Crippen molar-refractivity contribution in [1.29, 1.82) is 0 Å². The number of fused-ring (bicyclic) bond motifs is 1. The van der Waals surface area contributed by atoms with Crippen molar-refractivity contribution in [2.75, 3.05) is 31.4 Å². The zero-order valence-corrected chi connectivity index (χ0v) is 16.9. The summed E-state index contributed by atoms with van der Waals surface area (Å²) in [6.07, 6.45) is 0. The van der Waals surface area contributed by atoms with Gasteiger partial charge in [0.2, 0.25) is 0 Å². The van der Waals surface area contributed by atoms with Gasteiger partial charge in [-0.15, -0.1) is 0 Å². The number of allylic oxidation sites excluding steroid dienone is 1. The molecule has 8 nitrogen and oxygen atoms in total. The number of methoxy groups -OCH3 is 1. The number of nitrogens with one attached hydrogen (secondary N) is 1. The summed E-state index contributed by atoms with van der Waals surface area (Å²) in [6.45, 7) is 1.73. The van der Waals surface area contributed by atoms with Crippen molar-refractivity contribution in [2.45, 2.75) is 12.8 Å². The van der Waals surface area contributed by atoms with Gasteiger partial charge >= 0.3 is 11.7 Å². The average Bonchev–Trinajstić information content (AvgIpc) is 2.69. The van der Waals surface area contributed by atoms with Gasteiger partial charge in [-0.05, 0) is 24.6 Å². The van der Waals surface area contributed by atoms with Crippen LogP contribution in [0.4, 0.5) is 11.5 Å². The number of benzene rings is 1. The lowest BCUT2D eigenvalue weighted by atomic mass is 9.82. The maximum Gasteiger partial charge on any atom is 0.336 e. The maximum absolute atomic E-state index is 13.0. The Hall–Kier alpha value is -3.29. The highest BCUT2D eigenvalue weighted by atomic mass is 16.5. The number of aromatic nitrogens is 2. The monoisotopic (exact) mass is 384 g/mol. The Morgan fingerprint density at radius 1 is 1.11 bits per heavy atom. The van der Waals surface area contributed by atoms with Gasteiger partial charge in [-0.3, -0.25) is 13.9 Å². The Kier molecular flexibility index (Phi) is 4.89. The first-order valence-electron chi connectivity index (χ1n) is 8.82. The second-order valence-electron chi connectivity index (χ2n) is 7.04. The highest BCUT2D eigenvalue weighted by Crippen LogP contribution is 2.40. The number of carbonyl (C=O) groups excluding carboxylic acids is 1. The molecule has 1 aliphatic heterocycles. The van der Waals surface area contributed by atoms with E-state index in [0.29, 0.717) is 22.7 Å². The highest BCUT2D eigenvalue weighted by molar-refractivity contribution is 5.94. The molecule has 1 unspecified atom stereocenters. The van der Waals surface area contributed by atoms with Crippen LogP contribution < -0.4 is 21.5 Å². The van der Waals surface area contributed by atoms with Gasteiger partial charge in [-0.2, -0.15) is 0 Å². The van der Waals surface area contributed by atoms with Crippen LogP contribution in [0.1, 0.15) is 24.0 Å². The minimum absolute atomic E-state index is 0.341. The first-order chi connectivity index (χ1) is 13.2. The summed E-state index contributed by atoms with van der Waals surface area (Å²) in [5.41, 5.74) is 2.12. The summed E-state index contributed by atoms with van der Waals surface area (Å²) in [5, 5.41) is 3.05.